The van der Waals surface area contributed by atoms with Crippen LogP contribution in [-0.2, 0) is 4.79 Å². The van der Waals surface area contributed by atoms with Crippen molar-refractivity contribution in [2.24, 2.45) is 0 Å². The van der Waals surface area contributed by atoms with E-state index in [1.54, 1.807) is 7.11 Å². The molecule has 1 N–H and O–H groups in total. The van der Waals surface area contributed by atoms with Crippen LogP contribution in [0.15, 0.2) is 41.1 Å². The molecule has 7 heteroatoms. The second-order valence-corrected chi connectivity index (χ2v) is 9.22. The van der Waals surface area contributed by atoms with Gasteiger partial charge in [-0.3, -0.25) is 9.36 Å². The Morgan fingerprint density at radius 3 is 2.60 bits per heavy atom. The van der Waals surface area contributed by atoms with Gasteiger partial charge in [-0.2, -0.15) is 0 Å². The van der Waals surface area contributed by atoms with E-state index in [4.69, 9.17) is 4.74 Å². The molecule has 1 aromatic carbocycles. The lowest BCUT2D eigenvalue weighted by molar-refractivity contribution is -0.120. The summed E-state index contributed by atoms with van der Waals surface area (Å²) < 4.78 is 7.33. The molecule has 0 saturated carbocycles. The molecule has 3 rings (SSSR count). The lowest BCUT2D eigenvalue weighted by atomic mass is 9.97. The third-order valence-electron chi connectivity index (χ3n) is 5.31. The number of ether oxygens (including phenoxy) is 1. The Morgan fingerprint density at radius 2 is 1.97 bits per heavy atom. The molecule has 1 heterocycles. The maximum absolute atomic E-state index is 12.6. The van der Waals surface area contributed by atoms with Crippen molar-refractivity contribution < 1.29 is 9.53 Å². The van der Waals surface area contributed by atoms with Crippen LogP contribution in [0.25, 0.3) is 11.4 Å². The van der Waals surface area contributed by atoms with Gasteiger partial charge in [-0.1, -0.05) is 23.4 Å². The van der Waals surface area contributed by atoms with Gasteiger partial charge in [0, 0.05) is 18.2 Å². The second kappa shape index (κ2) is 10.7. The van der Waals surface area contributed by atoms with Crippen molar-refractivity contribution in [3.8, 4) is 17.1 Å². The Morgan fingerprint density at radius 1 is 1.20 bits per heavy atom. The fourth-order valence-corrected chi connectivity index (χ4v) is 4.60. The molecule has 2 aromatic rings. The highest BCUT2D eigenvalue weighted by Gasteiger charge is 2.22. The van der Waals surface area contributed by atoms with E-state index in [0.29, 0.717) is 6.54 Å². The average Bonchev–Trinajstić information content (AvgIpc) is 3.18. The van der Waals surface area contributed by atoms with Gasteiger partial charge in [0.05, 0.1) is 12.4 Å². The average molecular weight is 429 g/mol. The van der Waals surface area contributed by atoms with E-state index in [1.165, 1.54) is 43.0 Å². The van der Waals surface area contributed by atoms with Gasteiger partial charge in [0.2, 0.25) is 5.91 Å². The highest BCUT2D eigenvalue weighted by Crippen LogP contribution is 2.30. The highest BCUT2D eigenvalue weighted by molar-refractivity contribution is 8.00. The van der Waals surface area contributed by atoms with E-state index >= 15 is 0 Å². The Balaban J connectivity index is 1.64. The molecule has 0 saturated heterocycles. The minimum Gasteiger partial charge on any atom is -0.497 e. The molecule has 1 aliphatic rings. The van der Waals surface area contributed by atoms with Gasteiger partial charge in [-0.05, 0) is 77.1 Å². The lowest BCUT2D eigenvalue weighted by Crippen LogP contribution is -2.32. The fourth-order valence-electron chi connectivity index (χ4n) is 3.59. The fraction of sp³-hybridized carbons (Fsp3) is 0.522. The number of nitrogens with one attached hydrogen (secondary N) is 1. The predicted octanol–water partition coefficient (Wildman–Crippen LogP) is 5.02. The molecule has 0 unspecified atom stereocenters. The minimum atomic E-state index is -0.240. The van der Waals surface area contributed by atoms with Crippen molar-refractivity contribution >= 4 is 17.7 Å². The summed E-state index contributed by atoms with van der Waals surface area (Å²) in [6.07, 6.45) is 8.20. The van der Waals surface area contributed by atoms with Gasteiger partial charge in [0.25, 0.3) is 0 Å². The monoisotopic (exact) mass is 428 g/mol. The first-order chi connectivity index (χ1) is 14.5. The minimum absolute atomic E-state index is 0.0423. The van der Waals surface area contributed by atoms with Crippen molar-refractivity contribution in [2.45, 2.75) is 69.3 Å². The topological polar surface area (TPSA) is 69.0 Å². The standard InChI is InChI=1S/C23H32N4O2S/c1-16(2)27-21(19-10-12-20(29-4)13-11-19)25-26-23(27)30-17(3)22(28)24-15-14-18-8-6-5-7-9-18/h8,10-13,16-17H,5-7,9,14-15H2,1-4H3,(H,24,28)/t17-/m0/s1. The van der Waals surface area contributed by atoms with E-state index in [2.05, 4.69) is 40.0 Å². The Labute approximate surface area is 183 Å². The molecule has 6 nitrogen and oxygen atoms in total. The number of allylic oxidation sites excluding steroid dienone is 1. The summed E-state index contributed by atoms with van der Waals surface area (Å²) in [5, 5.41) is 12.4. The Bertz CT molecular complexity index is 874. The maximum Gasteiger partial charge on any atom is 0.233 e. The summed E-state index contributed by atoms with van der Waals surface area (Å²) in [6, 6.07) is 7.96. The molecule has 0 radical (unpaired) electrons. The number of methoxy groups -OCH3 is 1. The number of amides is 1. The second-order valence-electron chi connectivity index (χ2n) is 7.91. The molecule has 1 aromatic heterocycles. The largest absolute Gasteiger partial charge is 0.497 e. The van der Waals surface area contributed by atoms with Crippen LogP contribution < -0.4 is 10.1 Å². The zero-order valence-electron chi connectivity index (χ0n) is 18.4. The molecular weight excluding hydrogens is 396 g/mol. The van der Waals surface area contributed by atoms with Gasteiger partial charge in [-0.15, -0.1) is 10.2 Å². The normalized spacial score (nSPS) is 15.0. The van der Waals surface area contributed by atoms with E-state index in [1.807, 2.05) is 31.2 Å². The first kappa shape index (κ1) is 22.4. The third kappa shape index (κ3) is 5.65. The van der Waals surface area contributed by atoms with E-state index < -0.39 is 0 Å². The molecule has 0 fully saturated rings. The number of thioether (sulfide) groups is 1. The van der Waals surface area contributed by atoms with Crippen LogP contribution in [0.2, 0.25) is 0 Å². The van der Waals surface area contributed by atoms with Crippen LogP contribution in [0, 0.1) is 0 Å². The van der Waals surface area contributed by atoms with E-state index in [9.17, 15) is 4.79 Å². The van der Waals surface area contributed by atoms with Crippen molar-refractivity contribution in [3.05, 3.63) is 35.9 Å². The molecular formula is C23H32N4O2S. The summed E-state index contributed by atoms with van der Waals surface area (Å²) in [5.41, 5.74) is 2.45. The summed E-state index contributed by atoms with van der Waals surface area (Å²) in [6.45, 7) is 6.82. The van der Waals surface area contributed by atoms with E-state index in [0.717, 1.165) is 28.7 Å². The number of hydrogen-bond donors (Lipinski definition) is 1. The van der Waals surface area contributed by atoms with E-state index in [-0.39, 0.29) is 17.2 Å². The van der Waals surface area contributed by atoms with Crippen LogP contribution in [0.1, 0.15) is 58.9 Å². The van der Waals surface area contributed by atoms with Crippen molar-refractivity contribution in [2.75, 3.05) is 13.7 Å². The first-order valence-corrected chi connectivity index (χ1v) is 11.6. The number of benzene rings is 1. The molecule has 162 valence electrons. The molecule has 30 heavy (non-hydrogen) atoms. The van der Waals surface area contributed by atoms with Gasteiger partial charge in [-0.25, -0.2) is 0 Å². The van der Waals surface area contributed by atoms with Crippen LogP contribution in [0.4, 0.5) is 0 Å². The van der Waals surface area contributed by atoms with Crippen LogP contribution >= 0.6 is 11.8 Å². The third-order valence-corrected chi connectivity index (χ3v) is 6.37. The van der Waals surface area contributed by atoms with Crippen LogP contribution in [0.5, 0.6) is 5.75 Å². The smallest absolute Gasteiger partial charge is 0.233 e. The number of hydrogen-bond acceptors (Lipinski definition) is 5. The first-order valence-electron chi connectivity index (χ1n) is 10.7. The number of carbonyl (C=O) groups excluding carboxylic acids is 1. The number of rotatable bonds is 9. The summed E-state index contributed by atoms with van der Waals surface area (Å²) in [5.74, 6) is 1.64. The summed E-state index contributed by atoms with van der Waals surface area (Å²) >= 11 is 1.45. The van der Waals surface area contributed by atoms with Gasteiger partial charge >= 0.3 is 0 Å². The highest BCUT2D eigenvalue weighted by atomic mass is 32.2. The predicted molar refractivity (Wildman–Crippen MR) is 122 cm³/mol. The van der Waals surface area contributed by atoms with Gasteiger partial charge in [0.1, 0.15) is 5.75 Å². The van der Waals surface area contributed by atoms with Crippen LogP contribution in [0.3, 0.4) is 0 Å². The van der Waals surface area contributed by atoms with Crippen LogP contribution in [-0.4, -0.2) is 39.6 Å². The zero-order valence-corrected chi connectivity index (χ0v) is 19.2. The Hall–Kier alpha value is -2.28. The number of carbonyl (C=O) groups is 1. The molecule has 1 atom stereocenters. The molecule has 0 bridgehead atoms. The molecule has 1 aliphatic carbocycles. The SMILES string of the molecule is COc1ccc(-c2nnc(S[C@@H](C)C(=O)NCCC3=CCCCC3)n2C(C)C)cc1. The lowest BCUT2D eigenvalue weighted by Gasteiger charge is -2.17. The maximum atomic E-state index is 12.6. The summed E-state index contributed by atoms with van der Waals surface area (Å²) in [4.78, 5) is 12.6. The zero-order chi connectivity index (χ0) is 21.5. The summed E-state index contributed by atoms with van der Waals surface area (Å²) in [7, 11) is 1.65. The molecule has 1 amide bonds. The van der Waals surface area contributed by atoms with Crippen molar-refractivity contribution in [1.29, 1.82) is 0 Å². The van der Waals surface area contributed by atoms with Gasteiger partial charge in [0.15, 0.2) is 11.0 Å². The number of nitrogens with zero attached hydrogens (tertiary/aromatic N) is 3. The van der Waals surface area contributed by atoms with Gasteiger partial charge < -0.3 is 10.1 Å². The van der Waals surface area contributed by atoms with Crippen molar-refractivity contribution in [3.63, 3.8) is 0 Å². The molecule has 0 spiro atoms. The number of aromatic nitrogens is 3. The van der Waals surface area contributed by atoms with Crippen molar-refractivity contribution in [1.82, 2.24) is 20.1 Å². The quantitative estimate of drug-likeness (QED) is 0.448. The Kier molecular flexibility index (Phi) is 7.96. The molecule has 0 aliphatic heterocycles.